The van der Waals surface area contributed by atoms with Crippen LogP contribution in [0.1, 0.15) is 36.5 Å². The number of ether oxygens (including phenoxy) is 1. The number of rotatable bonds is 8. The van der Waals surface area contributed by atoms with Gasteiger partial charge < -0.3 is 15.0 Å². The number of ketones is 1. The molecule has 0 bridgehead atoms. The van der Waals surface area contributed by atoms with Gasteiger partial charge in [-0.2, -0.15) is 0 Å². The van der Waals surface area contributed by atoms with E-state index in [9.17, 15) is 9.59 Å². The van der Waals surface area contributed by atoms with Crippen molar-refractivity contribution in [1.82, 2.24) is 15.1 Å². The minimum Gasteiger partial charge on any atom is -0.494 e. The Hall–Kier alpha value is -1.92. The Morgan fingerprint density at radius 3 is 2.77 bits per heavy atom. The molecular formula is C20H29N3O3. The molecule has 3 rings (SSSR count). The van der Waals surface area contributed by atoms with Crippen molar-refractivity contribution in [1.29, 1.82) is 0 Å². The summed E-state index contributed by atoms with van der Waals surface area (Å²) in [4.78, 5) is 28.1. The molecule has 1 atom stereocenters. The lowest BCUT2D eigenvalue weighted by Crippen LogP contribution is -2.49. The molecule has 1 aromatic carbocycles. The number of nitrogens with one attached hydrogen (secondary N) is 1. The van der Waals surface area contributed by atoms with E-state index >= 15 is 0 Å². The zero-order chi connectivity index (χ0) is 18.4. The summed E-state index contributed by atoms with van der Waals surface area (Å²) in [6.07, 6.45) is 3.63. The lowest BCUT2D eigenvalue weighted by molar-refractivity contribution is -0.123. The number of hydrogen-bond acceptors (Lipinski definition) is 5. The monoisotopic (exact) mass is 359 g/mol. The molecule has 1 amide bonds. The van der Waals surface area contributed by atoms with Crippen molar-refractivity contribution in [2.45, 2.75) is 32.2 Å². The molecule has 6 heteroatoms. The van der Waals surface area contributed by atoms with Crippen LogP contribution in [0.2, 0.25) is 0 Å². The van der Waals surface area contributed by atoms with Gasteiger partial charge in [0.2, 0.25) is 5.91 Å². The van der Waals surface area contributed by atoms with Gasteiger partial charge in [-0.25, -0.2) is 0 Å². The number of amides is 1. The number of benzene rings is 1. The van der Waals surface area contributed by atoms with Gasteiger partial charge in [-0.05, 0) is 57.0 Å². The largest absolute Gasteiger partial charge is 0.494 e. The Bertz CT molecular complexity index is 617. The number of hydrogen-bond donors (Lipinski definition) is 1. The second-order valence-corrected chi connectivity index (χ2v) is 7.24. The average molecular weight is 359 g/mol. The van der Waals surface area contributed by atoms with Crippen LogP contribution in [-0.4, -0.2) is 73.4 Å². The highest BCUT2D eigenvalue weighted by Crippen LogP contribution is 2.17. The fraction of sp³-hybridized carbons (Fsp3) is 0.600. The minimum atomic E-state index is -0.0175. The summed E-state index contributed by atoms with van der Waals surface area (Å²) in [5.41, 5.74) is 0.661. The summed E-state index contributed by atoms with van der Waals surface area (Å²) < 4.78 is 5.80. The van der Waals surface area contributed by atoms with E-state index in [1.165, 1.54) is 19.4 Å². The Kier molecular flexibility index (Phi) is 6.63. The van der Waals surface area contributed by atoms with Crippen molar-refractivity contribution >= 4 is 11.7 Å². The van der Waals surface area contributed by atoms with E-state index in [2.05, 4.69) is 17.1 Å². The van der Waals surface area contributed by atoms with Gasteiger partial charge in [-0.3, -0.25) is 14.5 Å². The van der Waals surface area contributed by atoms with Crippen LogP contribution in [0.4, 0.5) is 0 Å². The molecule has 2 heterocycles. The number of Topliss-reactive ketones (excluding diaryl/α,β-unsaturated/α-hetero) is 1. The molecule has 0 aliphatic carbocycles. The first kappa shape index (κ1) is 18.9. The minimum absolute atomic E-state index is 0.0175. The van der Waals surface area contributed by atoms with Crippen LogP contribution in [-0.2, 0) is 4.79 Å². The highest BCUT2D eigenvalue weighted by atomic mass is 16.5. The highest BCUT2D eigenvalue weighted by Gasteiger charge is 2.20. The molecule has 6 nitrogen and oxygen atoms in total. The number of nitrogens with zero attached hydrogens (tertiary/aromatic N) is 2. The Morgan fingerprint density at radius 2 is 2.08 bits per heavy atom. The molecule has 1 N–H and O–H groups in total. The van der Waals surface area contributed by atoms with E-state index in [4.69, 9.17) is 4.74 Å². The molecule has 0 spiro atoms. The second-order valence-electron chi connectivity index (χ2n) is 7.24. The van der Waals surface area contributed by atoms with Crippen molar-refractivity contribution in [3.8, 4) is 5.75 Å². The summed E-state index contributed by atoms with van der Waals surface area (Å²) in [6, 6.07) is 8.03. The number of likely N-dealkylation sites (tertiary alicyclic amines) is 1. The molecule has 0 aromatic heterocycles. The molecule has 2 fully saturated rings. The quantitative estimate of drug-likeness (QED) is 0.564. The second kappa shape index (κ2) is 9.14. The van der Waals surface area contributed by atoms with E-state index in [-0.39, 0.29) is 18.2 Å². The van der Waals surface area contributed by atoms with Crippen molar-refractivity contribution < 1.29 is 14.3 Å². The smallest absolute Gasteiger partial charge is 0.234 e. The van der Waals surface area contributed by atoms with E-state index in [1.807, 2.05) is 29.2 Å². The third-order valence-corrected chi connectivity index (χ3v) is 5.21. The molecule has 142 valence electrons. The maximum Gasteiger partial charge on any atom is 0.234 e. The van der Waals surface area contributed by atoms with Gasteiger partial charge in [0, 0.05) is 31.2 Å². The van der Waals surface area contributed by atoms with E-state index < -0.39 is 0 Å². The van der Waals surface area contributed by atoms with Gasteiger partial charge in [0.25, 0.3) is 0 Å². The first-order valence-electron chi connectivity index (χ1n) is 9.61. The molecule has 2 aliphatic heterocycles. The first-order chi connectivity index (χ1) is 12.6. The summed E-state index contributed by atoms with van der Waals surface area (Å²) in [5.74, 6) is 0.818. The third kappa shape index (κ3) is 5.29. The van der Waals surface area contributed by atoms with Gasteiger partial charge in [-0.1, -0.05) is 0 Å². The maximum atomic E-state index is 12.3. The molecule has 0 saturated carbocycles. The lowest BCUT2D eigenvalue weighted by atomic mass is 10.1. The molecule has 2 aliphatic rings. The van der Waals surface area contributed by atoms with E-state index in [0.717, 1.165) is 18.7 Å². The zero-order valence-electron chi connectivity index (χ0n) is 15.6. The van der Waals surface area contributed by atoms with Crippen molar-refractivity contribution in [3.63, 3.8) is 0 Å². The van der Waals surface area contributed by atoms with Crippen LogP contribution >= 0.6 is 0 Å². The Labute approximate surface area is 155 Å². The van der Waals surface area contributed by atoms with Crippen LogP contribution < -0.4 is 10.1 Å². The van der Waals surface area contributed by atoms with Crippen molar-refractivity contribution in [2.75, 3.05) is 45.9 Å². The standard InChI is InChI=1S/C20H29N3O3/c1-16-4-2-10-23(16)11-3-13-26-18-7-5-17(6-8-18)19(24)14-22-12-9-21-20(25)15-22/h5-8,16H,2-4,9-15H2,1H3,(H,21,25)/t16-/m1/s1. The first-order valence-corrected chi connectivity index (χ1v) is 9.61. The average Bonchev–Trinajstić information content (AvgIpc) is 3.04. The van der Waals surface area contributed by atoms with Gasteiger partial charge in [0.15, 0.2) is 5.78 Å². The normalized spacial score (nSPS) is 21.6. The zero-order valence-corrected chi connectivity index (χ0v) is 15.6. The molecule has 26 heavy (non-hydrogen) atoms. The summed E-state index contributed by atoms with van der Waals surface area (Å²) in [6.45, 7) is 7.17. The molecular weight excluding hydrogens is 330 g/mol. The number of carbonyl (C=O) groups is 2. The lowest BCUT2D eigenvalue weighted by Gasteiger charge is -2.25. The topological polar surface area (TPSA) is 61.9 Å². The van der Waals surface area contributed by atoms with E-state index in [0.29, 0.717) is 37.8 Å². The maximum absolute atomic E-state index is 12.3. The summed E-state index contributed by atoms with van der Waals surface area (Å²) >= 11 is 0. The van der Waals surface area contributed by atoms with Crippen LogP contribution in [0, 0.1) is 0 Å². The molecule has 0 radical (unpaired) electrons. The summed E-state index contributed by atoms with van der Waals surface area (Å²) in [5, 5.41) is 2.77. The van der Waals surface area contributed by atoms with Crippen molar-refractivity contribution in [3.05, 3.63) is 29.8 Å². The Morgan fingerprint density at radius 1 is 1.27 bits per heavy atom. The van der Waals surface area contributed by atoms with Gasteiger partial charge in [0.05, 0.1) is 19.7 Å². The Balaban J connectivity index is 1.39. The number of piperazine rings is 1. The SMILES string of the molecule is C[C@@H]1CCCN1CCCOc1ccc(C(=O)CN2CCNC(=O)C2)cc1. The molecule has 0 unspecified atom stereocenters. The van der Waals surface area contributed by atoms with Gasteiger partial charge in [0.1, 0.15) is 5.75 Å². The predicted molar refractivity (Wildman–Crippen MR) is 101 cm³/mol. The fourth-order valence-electron chi connectivity index (χ4n) is 3.64. The van der Waals surface area contributed by atoms with Crippen LogP contribution in [0.15, 0.2) is 24.3 Å². The third-order valence-electron chi connectivity index (χ3n) is 5.21. The van der Waals surface area contributed by atoms with Crippen LogP contribution in [0.3, 0.4) is 0 Å². The highest BCUT2D eigenvalue weighted by molar-refractivity contribution is 5.98. The predicted octanol–water partition coefficient (Wildman–Crippen LogP) is 1.55. The fourth-order valence-corrected chi connectivity index (χ4v) is 3.64. The number of carbonyl (C=O) groups excluding carboxylic acids is 2. The van der Waals surface area contributed by atoms with Crippen molar-refractivity contribution in [2.24, 2.45) is 0 Å². The summed E-state index contributed by atoms with van der Waals surface area (Å²) in [7, 11) is 0. The van der Waals surface area contributed by atoms with Gasteiger partial charge in [-0.15, -0.1) is 0 Å². The van der Waals surface area contributed by atoms with Crippen LogP contribution in [0.25, 0.3) is 0 Å². The van der Waals surface area contributed by atoms with Crippen LogP contribution in [0.5, 0.6) is 5.75 Å². The molecule has 2 saturated heterocycles. The van der Waals surface area contributed by atoms with E-state index in [1.54, 1.807) is 0 Å². The van der Waals surface area contributed by atoms with Gasteiger partial charge >= 0.3 is 0 Å². The molecule has 1 aromatic rings.